The molecule has 31 heavy (non-hydrogen) atoms. The lowest BCUT2D eigenvalue weighted by atomic mass is 10.1. The molecule has 0 fully saturated rings. The number of nitrogens with zero attached hydrogens (tertiary/aromatic N) is 1. The average molecular weight is 498 g/mol. The van der Waals surface area contributed by atoms with Gasteiger partial charge in [0, 0.05) is 27.8 Å². The molecule has 3 nitrogen and oxygen atoms in total. The van der Waals surface area contributed by atoms with Crippen LogP contribution in [-0.2, 0) is 0 Å². The minimum absolute atomic E-state index is 0.100. The van der Waals surface area contributed by atoms with Crippen molar-refractivity contribution >= 4 is 69.3 Å². The Labute approximate surface area is 198 Å². The minimum atomic E-state index is -2.49. The van der Waals surface area contributed by atoms with Gasteiger partial charge in [-0.15, -0.1) is 0 Å². The number of anilines is 1. The Morgan fingerprint density at radius 3 is 2.42 bits per heavy atom. The van der Waals surface area contributed by atoms with Crippen LogP contribution in [0.25, 0.3) is 11.5 Å². The third-order valence-electron chi connectivity index (χ3n) is 4.18. The topological polar surface area (TPSA) is 36.1 Å². The zero-order valence-electron chi connectivity index (χ0n) is 16.2. The zero-order valence-corrected chi connectivity index (χ0v) is 19.3. The normalized spacial score (nSPS) is 11.9. The largest absolute Gasteiger partial charge is 0.502 e. The molecule has 1 heterocycles. The first-order valence-electron chi connectivity index (χ1n) is 8.98. The molecule has 0 aliphatic carbocycles. The summed E-state index contributed by atoms with van der Waals surface area (Å²) < 4.78 is 26.8. The summed E-state index contributed by atoms with van der Waals surface area (Å²) in [7, 11) is 0. The van der Waals surface area contributed by atoms with Gasteiger partial charge >= 0.3 is 0 Å². The molecule has 3 aromatic rings. The fourth-order valence-electron chi connectivity index (χ4n) is 2.77. The summed E-state index contributed by atoms with van der Waals surface area (Å²) in [6.45, 7) is 1.92. The summed E-state index contributed by atoms with van der Waals surface area (Å²) >= 11 is 18.2. The number of pyridine rings is 1. The van der Waals surface area contributed by atoms with Crippen LogP contribution in [-0.4, -0.2) is 15.9 Å². The van der Waals surface area contributed by atoms with Gasteiger partial charge in [-0.25, -0.2) is 0 Å². The van der Waals surface area contributed by atoms with Crippen molar-refractivity contribution in [1.29, 1.82) is 0 Å². The van der Waals surface area contributed by atoms with Gasteiger partial charge in [0.2, 0.25) is 0 Å². The number of halogens is 4. The lowest BCUT2D eigenvalue weighted by Crippen LogP contribution is -2.38. The smallest absolute Gasteiger partial charge is 0.288 e. The molecule has 0 amide bonds. The third-order valence-corrected chi connectivity index (χ3v) is 5.93. The Hall–Kier alpha value is -2.19. The Morgan fingerprint density at radius 2 is 1.81 bits per heavy atom. The summed E-state index contributed by atoms with van der Waals surface area (Å²) in [5.74, 6) is -2.59. The molecule has 2 N–H and O–H groups in total. The number of aromatic nitrogens is 1. The number of nitrogens with one attached hydrogen (secondary N) is 1. The van der Waals surface area contributed by atoms with E-state index in [1.807, 2.05) is 25.3 Å². The van der Waals surface area contributed by atoms with Gasteiger partial charge in [0.1, 0.15) is 0 Å². The van der Waals surface area contributed by atoms with E-state index in [9.17, 15) is 13.9 Å². The molecular formula is C22H17Cl2F2N2OS2+. The van der Waals surface area contributed by atoms with Gasteiger partial charge in [0.05, 0.1) is 10.0 Å². The second kappa shape index (κ2) is 10.4. The molecule has 0 saturated heterocycles. The third kappa shape index (κ3) is 6.17. The van der Waals surface area contributed by atoms with Gasteiger partial charge in [0.25, 0.3) is 11.5 Å². The first-order valence-corrected chi connectivity index (χ1v) is 11.0. The van der Waals surface area contributed by atoms with Crippen LogP contribution in [0, 0.1) is 6.92 Å². The van der Waals surface area contributed by atoms with Crippen molar-refractivity contribution < 1.29 is 18.5 Å². The highest BCUT2D eigenvalue weighted by molar-refractivity contribution is 7.99. The van der Waals surface area contributed by atoms with Crippen LogP contribution < -0.4 is 9.88 Å². The van der Waals surface area contributed by atoms with E-state index in [1.54, 1.807) is 53.2 Å². The van der Waals surface area contributed by atoms with Crippen LogP contribution in [0.3, 0.4) is 0 Å². The molecule has 0 aliphatic rings. The first-order chi connectivity index (χ1) is 14.7. The quantitative estimate of drug-likeness (QED) is 0.124. The summed E-state index contributed by atoms with van der Waals surface area (Å²) in [4.78, 5) is 0.669. The molecule has 0 aliphatic heterocycles. The lowest BCUT2D eigenvalue weighted by Gasteiger charge is -2.11. The molecule has 0 spiro atoms. The van der Waals surface area contributed by atoms with E-state index in [1.165, 1.54) is 0 Å². The minimum Gasteiger partial charge on any atom is -0.502 e. The second-order valence-electron chi connectivity index (χ2n) is 6.47. The van der Waals surface area contributed by atoms with E-state index in [0.717, 1.165) is 5.56 Å². The number of hydrogen-bond acceptors (Lipinski definition) is 3. The number of alkyl halides is 2. The van der Waals surface area contributed by atoms with Crippen LogP contribution >= 0.6 is 47.2 Å². The average Bonchev–Trinajstić information content (AvgIpc) is 2.71. The van der Waals surface area contributed by atoms with Crippen LogP contribution in [0.4, 0.5) is 14.5 Å². The zero-order chi connectivity index (χ0) is 22.5. The van der Waals surface area contributed by atoms with Crippen molar-refractivity contribution in [3.63, 3.8) is 0 Å². The molecule has 0 bridgehead atoms. The van der Waals surface area contributed by atoms with Crippen LogP contribution in [0.15, 0.2) is 71.9 Å². The number of thioether (sulfide) groups is 1. The van der Waals surface area contributed by atoms with E-state index in [4.69, 9.17) is 35.4 Å². The second-order valence-corrected chi connectivity index (χ2v) is 8.76. The molecule has 2 aromatic carbocycles. The molecule has 9 heteroatoms. The van der Waals surface area contributed by atoms with Gasteiger partial charge in [-0.2, -0.15) is 13.3 Å². The molecule has 3 rings (SSSR count). The van der Waals surface area contributed by atoms with E-state index in [-0.39, 0.29) is 10.7 Å². The molecule has 160 valence electrons. The van der Waals surface area contributed by atoms with Crippen LogP contribution in [0.1, 0.15) is 11.1 Å². The Balaban J connectivity index is 2.00. The summed E-state index contributed by atoms with van der Waals surface area (Å²) in [5, 5.41) is 14.8. The van der Waals surface area contributed by atoms with E-state index < -0.39 is 5.76 Å². The number of benzene rings is 2. The number of rotatable bonds is 6. The van der Waals surface area contributed by atoms with Crippen molar-refractivity contribution in [3.8, 4) is 0 Å². The number of aryl methyl sites for hydroxylation is 1. The van der Waals surface area contributed by atoms with Gasteiger partial charge in [-0.1, -0.05) is 47.2 Å². The van der Waals surface area contributed by atoms with Gasteiger partial charge < -0.3 is 10.4 Å². The number of thiocarbonyl (C=S) groups is 1. The molecule has 0 unspecified atom stereocenters. The van der Waals surface area contributed by atoms with E-state index >= 15 is 0 Å². The fourth-order valence-corrected chi connectivity index (χ4v) is 3.89. The monoisotopic (exact) mass is 497 g/mol. The number of aliphatic hydroxyl groups excluding tert-OH is 1. The van der Waals surface area contributed by atoms with E-state index in [0.29, 0.717) is 43.7 Å². The highest BCUT2D eigenvalue weighted by Crippen LogP contribution is 2.28. The van der Waals surface area contributed by atoms with Crippen molar-refractivity contribution in [2.24, 2.45) is 0 Å². The fraction of sp³-hybridized carbons (Fsp3) is 0.0909. The van der Waals surface area contributed by atoms with Crippen LogP contribution in [0.2, 0.25) is 10.0 Å². The molecule has 0 atom stereocenters. The Bertz CT molecular complexity index is 1140. The van der Waals surface area contributed by atoms with Crippen molar-refractivity contribution in [2.75, 3.05) is 5.32 Å². The van der Waals surface area contributed by atoms with Crippen molar-refractivity contribution in [3.05, 3.63) is 88.2 Å². The predicted molar refractivity (Wildman–Crippen MR) is 128 cm³/mol. The van der Waals surface area contributed by atoms with Crippen molar-refractivity contribution in [1.82, 2.24) is 0 Å². The summed E-state index contributed by atoms with van der Waals surface area (Å²) in [6.07, 6.45) is 3.58. The molecular weight excluding hydrogens is 481 g/mol. The standard InChI is InChI=1S/C22H16Cl2F2N2OS2/c1-13-3-2-10-28(12-13)19(20(29)14-4-9-17(23)18(24)11-14)21(30)27-15-5-7-16(8-6-15)31-22(25)26/h2-12,22H,1H3,(H-,27,29,30)/p+1. The highest BCUT2D eigenvalue weighted by atomic mass is 35.5. The summed E-state index contributed by atoms with van der Waals surface area (Å²) in [5.41, 5.74) is 2.31. The Morgan fingerprint density at radius 1 is 1.10 bits per heavy atom. The number of hydrogen-bond donors (Lipinski definition) is 2. The van der Waals surface area contributed by atoms with Gasteiger partial charge in [-0.3, -0.25) is 0 Å². The maximum Gasteiger partial charge on any atom is 0.288 e. The molecule has 1 aromatic heterocycles. The maximum atomic E-state index is 12.5. The first kappa shape index (κ1) is 23.5. The van der Waals surface area contributed by atoms with Crippen LogP contribution in [0.5, 0.6) is 0 Å². The summed E-state index contributed by atoms with van der Waals surface area (Å²) in [6, 6.07) is 15.0. The maximum absolute atomic E-state index is 12.5. The van der Waals surface area contributed by atoms with Gasteiger partial charge in [-0.05, 0) is 55.5 Å². The number of aliphatic hydroxyl groups is 1. The van der Waals surface area contributed by atoms with Crippen molar-refractivity contribution in [2.45, 2.75) is 17.6 Å². The highest BCUT2D eigenvalue weighted by Gasteiger charge is 2.24. The lowest BCUT2D eigenvalue weighted by molar-refractivity contribution is -0.576. The molecule has 0 radical (unpaired) electrons. The predicted octanol–water partition coefficient (Wildman–Crippen LogP) is 7.23. The Kier molecular flexibility index (Phi) is 7.89. The van der Waals surface area contributed by atoms with E-state index in [2.05, 4.69) is 5.32 Å². The van der Waals surface area contributed by atoms with Gasteiger partial charge in [0.15, 0.2) is 23.1 Å². The molecule has 0 saturated carbocycles. The SMILES string of the molecule is Cc1ccc[n+](/C(C(=S)Nc2ccc(SC(F)F)cc2)=C(/O)c2ccc(Cl)c(Cl)c2)c1.